The maximum absolute atomic E-state index is 13.1. The number of hydrogen-bond donors (Lipinski definition) is 1. The molecule has 28 heavy (non-hydrogen) atoms. The number of H-pyrrole nitrogens is 1. The molecule has 7 nitrogen and oxygen atoms in total. The topological polar surface area (TPSA) is 80.1 Å². The average Bonchev–Trinajstić information content (AvgIpc) is 2.99. The van der Waals surface area contributed by atoms with E-state index >= 15 is 0 Å². The van der Waals surface area contributed by atoms with Gasteiger partial charge in [0, 0.05) is 26.3 Å². The Morgan fingerprint density at radius 1 is 1.18 bits per heavy atom. The van der Waals surface area contributed by atoms with Crippen molar-refractivity contribution in [1.29, 1.82) is 0 Å². The zero-order chi connectivity index (χ0) is 20.0. The third-order valence-corrected chi connectivity index (χ3v) is 5.49. The lowest BCUT2D eigenvalue weighted by molar-refractivity contribution is 0.0684. The highest BCUT2D eigenvalue weighted by Crippen LogP contribution is 2.21. The maximum Gasteiger partial charge on any atom is 0.333 e. The summed E-state index contributed by atoms with van der Waals surface area (Å²) in [5, 5.41) is 0. The first-order valence-electron chi connectivity index (χ1n) is 9.57. The van der Waals surface area contributed by atoms with Gasteiger partial charge < -0.3 is 14.5 Å². The van der Waals surface area contributed by atoms with Crippen molar-refractivity contribution in [2.75, 3.05) is 13.1 Å². The summed E-state index contributed by atoms with van der Waals surface area (Å²) in [6.07, 6.45) is 3.72. The van der Waals surface area contributed by atoms with Gasteiger partial charge in [-0.3, -0.25) is 9.59 Å². The predicted molar refractivity (Wildman–Crippen MR) is 108 cm³/mol. The largest absolute Gasteiger partial charge is 0.344 e. The number of carbonyl (C=O) groups excluding carboxylic acids is 1. The quantitative estimate of drug-likeness (QED) is 0.740. The van der Waals surface area contributed by atoms with Gasteiger partial charge in [-0.25, -0.2) is 9.36 Å². The molecule has 1 N–H and O–H groups in total. The summed E-state index contributed by atoms with van der Waals surface area (Å²) in [4.78, 5) is 43.5. The predicted octanol–water partition coefficient (Wildman–Crippen LogP) is 2.20. The highest BCUT2D eigenvalue weighted by atomic mass is 16.2. The molecule has 1 amide bonds. The van der Waals surface area contributed by atoms with Crippen LogP contribution in [-0.4, -0.2) is 38.0 Å². The van der Waals surface area contributed by atoms with E-state index < -0.39 is 11.2 Å². The first-order valence-corrected chi connectivity index (χ1v) is 9.57. The van der Waals surface area contributed by atoms with Crippen LogP contribution in [0.1, 0.15) is 35.7 Å². The molecule has 4 rings (SSSR count). The normalized spacial score (nSPS) is 17.2. The zero-order valence-electron chi connectivity index (χ0n) is 16.4. The van der Waals surface area contributed by atoms with Gasteiger partial charge in [-0.1, -0.05) is 24.6 Å². The minimum Gasteiger partial charge on any atom is -0.344 e. The highest BCUT2D eigenvalue weighted by molar-refractivity contribution is 6.05. The number of piperidine rings is 1. The van der Waals surface area contributed by atoms with Crippen LogP contribution in [0.5, 0.6) is 0 Å². The molecule has 1 aliphatic rings. The molecule has 3 heterocycles. The van der Waals surface area contributed by atoms with E-state index in [9.17, 15) is 14.4 Å². The van der Waals surface area contributed by atoms with Gasteiger partial charge in [0.25, 0.3) is 11.5 Å². The third-order valence-electron chi connectivity index (χ3n) is 5.49. The van der Waals surface area contributed by atoms with E-state index in [1.165, 1.54) is 0 Å². The fourth-order valence-electron chi connectivity index (χ4n) is 4.01. The second kappa shape index (κ2) is 6.82. The minimum atomic E-state index is -0.548. The Balaban J connectivity index is 1.86. The smallest absolute Gasteiger partial charge is 0.333 e. The van der Waals surface area contributed by atoms with Crippen LogP contribution < -0.4 is 11.2 Å². The van der Waals surface area contributed by atoms with Crippen LogP contribution in [0.25, 0.3) is 16.7 Å². The number of likely N-dealkylation sites (tertiary alicyclic amines) is 1. The van der Waals surface area contributed by atoms with Crippen LogP contribution in [-0.2, 0) is 7.05 Å². The number of rotatable bonds is 2. The Hall–Kier alpha value is -3.09. The number of benzene rings is 1. The van der Waals surface area contributed by atoms with Crippen LogP contribution >= 0.6 is 0 Å². The molecule has 1 aromatic carbocycles. The summed E-state index contributed by atoms with van der Waals surface area (Å²) >= 11 is 0. The Morgan fingerprint density at radius 3 is 2.57 bits per heavy atom. The summed E-state index contributed by atoms with van der Waals surface area (Å²) in [6, 6.07) is 7.18. The SMILES string of the molecule is Cc1ccc(-n2c(=O)[nH]c3c(C(=O)N4CCC[C@H](C)C4)cn(C)c3c2=O)cc1. The van der Waals surface area contributed by atoms with Crippen LogP contribution in [0.3, 0.4) is 0 Å². The van der Waals surface area contributed by atoms with Gasteiger partial charge in [-0.05, 0) is 37.8 Å². The standard InChI is InChI=1S/C21H24N4O3/c1-13-6-8-15(9-7-13)25-20(27)18-17(22-21(25)28)16(12-23(18)3)19(26)24-10-4-5-14(2)11-24/h6-9,12,14H,4-5,10-11H2,1-3H3,(H,22,28)/t14-/m0/s1. The van der Waals surface area contributed by atoms with E-state index in [-0.39, 0.29) is 5.91 Å². The van der Waals surface area contributed by atoms with E-state index in [0.717, 1.165) is 23.0 Å². The summed E-state index contributed by atoms with van der Waals surface area (Å²) in [5.41, 5.74) is 1.55. The van der Waals surface area contributed by atoms with E-state index in [1.807, 2.05) is 24.0 Å². The number of amides is 1. The Labute approximate surface area is 162 Å². The summed E-state index contributed by atoms with van der Waals surface area (Å²) < 4.78 is 2.73. The lowest BCUT2D eigenvalue weighted by atomic mass is 10.00. The molecule has 146 valence electrons. The molecule has 0 bridgehead atoms. The molecule has 0 radical (unpaired) electrons. The van der Waals surface area contributed by atoms with E-state index in [1.54, 1.807) is 29.9 Å². The molecule has 1 fully saturated rings. The molecule has 1 aliphatic heterocycles. The molecule has 1 atom stereocenters. The van der Waals surface area contributed by atoms with Gasteiger partial charge in [0.15, 0.2) is 0 Å². The van der Waals surface area contributed by atoms with Crippen molar-refractivity contribution in [2.45, 2.75) is 26.7 Å². The van der Waals surface area contributed by atoms with Crippen molar-refractivity contribution in [3.8, 4) is 5.69 Å². The van der Waals surface area contributed by atoms with Crippen LogP contribution in [0.15, 0.2) is 40.1 Å². The fourth-order valence-corrected chi connectivity index (χ4v) is 4.01. The van der Waals surface area contributed by atoms with E-state index in [4.69, 9.17) is 0 Å². The van der Waals surface area contributed by atoms with Crippen LogP contribution in [0.2, 0.25) is 0 Å². The van der Waals surface area contributed by atoms with Crippen molar-refractivity contribution in [3.05, 3.63) is 62.4 Å². The van der Waals surface area contributed by atoms with Crippen molar-refractivity contribution in [3.63, 3.8) is 0 Å². The number of aryl methyl sites for hydroxylation is 2. The number of fused-ring (bicyclic) bond motifs is 1. The van der Waals surface area contributed by atoms with Gasteiger partial charge in [0.2, 0.25) is 0 Å². The third kappa shape index (κ3) is 2.96. The Kier molecular flexibility index (Phi) is 4.45. The highest BCUT2D eigenvalue weighted by Gasteiger charge is 2.26. The van der Waals surface area contributed by atoms with Crippen LogP contribution in [0, 0.1) is 12.8 Å². The van der Waals surface area contributed by atoms with Crippen LogP contribution in [0.4, 0.5) is 0 Å². The lowest BCUT2D eigenvalue weighted by Gasteiger charge is -2.30. The van der Waals surface area contributed by atoms with Gasteiger partial charge in [0.05, 0.1) is 16.8 Å². The molecular formula is C21H24N4O3. The zero-order valence-corrected chi connectivity index (χ0v) is 16.4. The number of hydrogen-bond acceptors (Lipinski definition) is 3. The van der Waals surface area contributed by atoms with Crippen molar-refractivity contribution in [1.82, 2.24) is 19.0 Å². The Bertz CT molecular complexity index is 1170. The van der Waals surface area contributed by atoms with Gasteiger partial charge >= 0.3 is 5.69 Å². The van der Waals surface area contributed by atoms with Gasteiger partial charge in [-0.2, -0.15) is 0 Å². The number of aromatic amines is 1. The molecule has 0 spiro atoms. The number of carbonyl (C=O) groups is 1. The number of nitrogens with zero attached hydrogens (tertiary/aromatic N) is 3. The molecule has 3 aromatic rings. The summed E-state index contributed by atoms with van der Waals surface area (Å²) in [7, 11) is 1.72. The summed E-state index contributed by atoms with van der Waals surface area (Å²) in [6.45, 7) is 5.46. The first-order chi connectivity index (χ1) is 13.4. The molecule has 2 aromatic heterocycles. The molecule has 0 saturated carbocycles. The fraction of sp³-hybridized carbons (Fsp3) is 0.381. The second-order valence-electron chi connectivity index (χ2n) is 7.78. The molecule has 0 aliphatic carbocycles. The second-order valence-corrected chi connectivity index (χ2v) is 7.78. The molecule has 1 saturated heterocycles. The molecule has 7 heteroatoms. The minimum absolute atomic E-state index is 0.139. The Morgan fingerprint density at radius 2 is 1.89 bits per heavy atom. The maximum atomic E-state index is 13.1. The molecule has 0 unspecified atom stereocenters. The average molecular weight is 380 g/mol. The van der Waals surface area contributed by atoms with E-state index in [0.29, 0.717) is 41.3 Å². The van der Waals surface area contributed by atoms with E-state index in [2.05, 4.69) is 11.9 Å². The van der Waals surface area contributed by atoms with Crippen molar-refractivity contribution in [2.24, 2.45) is 13.0 Å². The van der Waals surface area contributed by atoms with Gasteiger partial charge in [0.1, 0.15) is 5.52 Å². The summed E-state index contributed by atoms with van der Waals surface area (Å²) in [5.74, 6) is 0.311. The monoisotopic (exact) mass is 380 g/mol. The lowest BCUT2D eigenvalue weighted by Crippen LogP contribution is -2.39. The van der Waals surface area contributed by atoms with Crippen molar-refractivity contribution >= 4 is 16.9 Å². The molecular weight excluding hydrogens is 356 g/mol. The number of aromatic nitrogens is 3. The number of nitrogens with one attached hydrogen (secondary N) is 1. The van der Waals surface area contributed by atoms with Crippen molar-refractivity contribution < 1.29 is 4.79 Å². The first kappa shape index (κ1) is 18.3. The van der Waals surface area contributed by atoms with Gasteiger partial charge in [-0.15, -0.1) is 0 Å².